The van der Waals surface area contributed by atoms with E-state index in [2.05, 4.69) is 10.6 Å². The maximum absolute atomic E-state index is 12.1. The van der Waals surface area contributed by atoms with E-state index in [0.717, 1.165) is 17.8 Å². The highest BCUT2D eigenvalue weighted by Crippen LogP contribution is 2.12. The summed E-state index contributed by atoms with van der Waals surface area (Å²) in [5.74, 6) is -0.0126. The predicted octanol–water partition coefficient (Wildman–Crippen LogP) is 2.37. The predicted molar refractivity (Wildman–Crippen MR) is 100 cm³/mol. The number of carbonyl (C=O) groups excluding carboxylic acids is 1. The Hall–Kier alpha value is -1.18. The molecule has 1 fully saturated rings. The lowest BCUT2D eigenvalue weighted by Crippen LogP contribution is -2.43. The molecule has 1 heterocycles. The Kier molecular flexibility index (Phi) is 10.7. The first-order valence-electron chi connectivity index (χ1n) is 8.53. The highest BCUT2D eigenvalue weighted by Gasteiger charge is 2.16. The summed E-state index contributed by atoms with van der Waals surface area (Å²) in [6, 6.07) is 7.81. The van der Waals surface area contributed by atoms with E-state index in [1.165, 1.54) is 0 Å². The summed E-state index contributed by atoms with van der Waals surface area (Å²) in [4.78, 5) is 12.1. The third kappa shape index (κ3) is 9.18. The number of carbonyl (C=O) groups is 1. The number of nitrogens with one attached hydrogen (secondary N) is 2. The van der Waals surface area contributed by atoms with Gasteiger partial charge in [-0.15, -0.1) is 12.4 Å². The second kappa shape index (κ2) is 12.2. The average Bonchev–Trinajstić information content (AvgIpc) is 2.55. The molecule has 0 spiro atoms. The van der Waals surface area contributed by atoms with Crippen molar-refractivity contribution >= 4 is 24.0 Å². The zero-order chi connectivity index (χ0) is 17.2. The second-order valence-electron chi connectivity index (χ2n) is 6.15. The Morgan fingerprint density at radius 2 is 2.24 bits per heavy atom. The number of halogens is 1. The van der Waals surface area contributed by atoms with Gasteiger partial charge in [-0.3, -0.25) is 4.79 Å². The maximum Gasteiger partial charge on any atom is 0.226 e. The van der Waals surface area contributed by atoms with Crippen LogP contribution in [-0.2, 0) is 25.6 Å². The summed E-state index contributed by atoms with van der Waals surface area (Å²) in [7, 11) is 0. The molecule has 0 aliphatic carbocycles. The van der Waals surface area contributed by atoms with Crippen molar-refractivity contribution in [2.45, 2.75) is 39.0 Å². The van der Waals surface area contributed by atoms with Crippen molar-refractivity contribution in [1.82, 2.24) is 5.32 Å². The maximum atomic E-state index is 12.1. The Labute approximate surface area is 156 Å². The van der Waals surface area contributed by atoms with Crippen LogP contribution >= 0.6 is 12.4 Å². The van der Waals surface area contributed by atoms with Crippen LogP contribution in [0.1, 0.15) is 25.8 Å². The fourth-order valence-electron chi connectivity index (χ4n) is 2.46. The van der Waals surface area contributed by atoms with E-state index in [4.69, 9.17) is 14.2 Å². The zero-order valence-electron chi connectivity index (χ0n) is 15.0. The van der Waals surface area contributed by atoms with Crippen molar-refractivity contribution in [2.24, 2.45) is 0 Å². The molecule has 0 radical (unpaired) electrons. The number of amides is 1. The van der Waals surface area contributed by atoms with Crippen LogP contribution in [0, 0.1) is 0 Å². The van der Waals surface area contributed by atoms with Crippen molar-refractivity contribution in [1.29, 1.82) is 0 Å². The van der Waals surface area contributed by atoms with Gasteiger partial charge in [-0.25, -0.2) is 0 Å². The van der Waals surface area contributed by atoms with Gasteiger partial charge < -0.3 is 24.8 Å². The van der Waals surface area contributed by atoms with Gasteiger partial charge >= 0.3 is 0 Å². The molecule has 1 atom stereocenters. The third-order valence-corrected chi connectivity index (χ3v) is 3.59. The minimum Gasteiger partial charge on any atom is -0.378 e. The third-order valence-electron chi connectivity index (χ3n) is 3.59. The van der Waals surface area contributed by atoms with Crippen LogP contribution in [0.15, 0.2) is 24.3 Å². The summed E-state index contributed by atoms with van der Waals surface area (Å²) >= 11 is 0. The van der Waals surface area contributed by atoms with Crippen molar-refractivity contribution in [3.63, 3.8) is 0 Å². The monoisotopic (exact) mass is 372 g/mol. The van der Waals surface area contributed by atoms with E-state index < -0.39 is 0 Å². The van der Waals surface area contributed by atoms with Crippen molar-refractivity contribution in [2.75, 3.05) is 38.3 Å². The van der Waals surface area contributed by atoms with Gasteiger partial charge in [0.25, 0.3) is 0 Å². The number of morpholine rings is 1. The van der Waals surface area contributed by atoms with Gasteiger partial charge in [-0.2, -0.15) is 0 Å². The minimum absolute atomic E-state index is 0. The first kappa shape index (κ1) is 21.9. The van der Waals surface area contributed by atoms with Crippen LogP contribution in [0.2, 0.25) is 0 Å². The molecule has 1 aliphatic rings. The summed E-state index contributed by atoms with van der Waals surface area (Å²) in [6.07, 6.45) is 0.629. The molecule has 6 nitrogen and oxygen atoms in total. The van der Waals surface area contributed by atoms with Gasteiger partial charge in [0, 0.05) is 24.7 Å². The Bertz CT molecular complexity index is 508. The lowest BCUT2D eigenvalue weighted by molar-refractivity contribution is -0.117. The van der Waals surface area contributed by atoms with Gasteiger partial charge in [0.15, 0.2) is 0 Å². The number of hydrogen-bond acceptors (Lipinski definition) is 5. The van der Waals surface area contributed by atoms with Gasteiger partial charge in [-0.1, -0.05) is 12.1 Å². The molecule has 0 bridgehead atoms. The zero-order valence-corrected chi connectivity index (χ0v) is 15.8. The fourth-order valence-corrected chi connectivity index (χ4v) is 2.46. The number of benzene rings is 1. The average molecular weight is 373 g/mol. The van der Waals surface area contributed by atoms with E-state index in [1.807, 2.05) is 38.1 Å². The molecule has 142 valence electrons. The first-order valence-corrected chi connectivity index (χ1v) is 8.53. The van der Waals surface area contributed by atoms with Gasteiger partial charge in [0.1, 0.15) is 0 Å². The number of anilines is 1. The highest BCUT2D eigenvalue weighted by atomic mass is 35.5. The van der Waals surface area contributed by atoms with E-state index in [0.29, 0.717) is 39.5 Å². The second-order valence-corrected chi connectivity index (χ2v) is 6.15. The van der Waals surface area contributed by atoms with Crippen LogP contribution in [0.3, 0.4) is 0 Å². The van der Waals surface area contributed by atoms with Gasteiger partial charge in [-0.05, 0) is 31.5 Å². The number of ether oxygens (including phenoxy) is 3. The normalized spacial score (nSPS) is 17.2. The molecule has 1 aromatic rings. The van der Waals surface area contributed by atoms with E-state index >= 15 is 0 Å². The summed E-state index contributed by atoms with van der Waals surface area (Å²) in [5.41, 5.74) is 1.81. The highest BCUT2D eigenvalue weighted by molar-refractivity contribution is 5.91. The van der Waals surface area contributed by atoms with E-state index in [9.17, 15) is 4.79 Å². The van der Waals surface area contributed by atoms with Gasteiger partial charge in [0.2, 0.25) is 5.91 Å². The molecule has 1 aromatic carbocycles. The van der Waals surface area contributed by atoms with E-state index in [1.54, 1.807) is 0 Å². The van der Waals surface area contributed by atoms with Crippen LogP contribution in [0.5, 0.6) is 0 Å². The van der Waals surface area contributed by atoms with Crippen molar-refractivity contribution in [3.05, 3.63) is 29.8 Å². The minimum atomic E-state index is -0.0126. The van der Waals surface area contributed by atoms with Crippen LogP contribution in [0.25, 0.3) is 0 Å². The topological polar surface area (TPSA) is 68.8 Å². The molecule has 0 aromatic heterocycles. The molecule has 1 aliphatic heterocycles. The molecule has 2 rings (SSSR count). The Morgan fingerprint density at radius 3 is 2.96 bits per heavy atom. The molecular formula is C18H29ClN2O4. The molecule has 2 N–H and O–H groups in total. The lowest BCUT2D eigenvalue weighted by atomic mass is 10.1. The molecule has 0 saturated carbocycles. The first-order chi connectivity index (χ1) is 11.6. The quantitative estimate of drug-likeness (QED) is 0.651. The van der Waals surface area contributed by atoms with Crippen LogP contribution in [-0.4, -0.2) is 51.0 Å². The molecule has 1 unspecified atom stereocenters. The SMILES string of the molecule is CC(C)OCCOCc1cccc(NC(=O)CC2COCCN2)c1.Cl. The number of rotatable bonds is 9. The molecule has 7 heteroatoms. The standard InChI is InChI=1S/C18H28N2O4.ClH/c1-14(2)24-9-8-23-12-15-4-3-5-16(10-15)20-18(21)11-17-13-22-7-6-19-17;/h3-5,10,14,17,19H,6-9,11-13H2,1-2H3,(H,20,21);1H. The van der Waals surface area contributed by atoms with Crippen LogP contribution in [0.4, 0.5) is 5.69 Å². The largest absolute Gasteiger partial charge is 0.378 e. The molecule has 1 amide bonds. The smallest absolute Gasteiger partial charge is 0.226 e. The molecular weight excluding hydrogens is 344 g/mol. The van der Waals surface area contributed by atoms with Crippen molar-refractivity contribution in [3.8, 4) is 0 Å². The van der Waals surface area contributed by atoms with Gasteiger partial charge in [0.05, 0.1) is 39.1 Å². The molecule has 1 saturated heterocycles. The summed E-state index contributed by atoms with van der Waals surface area (Å²) in [5, 5.41) is 6.21. The summed E-state index contributed by atoms with van der Waals surface area (Å²) in [6.45, 7) is 7.74. The summed E-state index contributed by atoms with van der Waals surface area (Å²) < 4.78 is 16.4. The Morgan fingerprint density at radius 1 is 1.40 bits per heavy atom. The van der Waals surface area contributed by atoms with Crippen LogP contribution < -0.4 is 10.6 Å². The Balaban J connectivity index is 0.00000312. The molecule has 25 heavy (non-hydrogen) atoms. The van der Waals surface area contributed by atoms with Crippen molar-refractivity contribution < 1.29 is 19.0 Å². The number of hydrogen-bond donors (Lipinski definition) is 2. The van der Waals surface area contributed by atoms with E-state index in [-0.39, 0.29) is 30.5 Å². The fraction of sp³-hybridized carbons (Fsp3) is 0.611. The lowest BCUT2D eigenvalue weighted by Gasteiger charge is -2.23.